The van der Waals surface area contributed by atoms with Gasteiger partial charge in [-0.1, -0.05) is 6.07 Å². The molecular weight excluding hydrogens is 384 g/mol. The number of piperidine rings is 1. The molecule has 1 aliphatic rings. The summed E-state index contributed by atoms with van der Waals surface area (Å²) in [6, 6.07) is 8.67. The lowest BCUT2D eigenvalue weighted by Crippen LogP contribution is -2.48. The first kappa shape index (κ1) is 19.5. The van der Waals surface area contributed by atoms with E-state index in [1.54, 1.807) is 11.0 Å². The number of nitrogens with one attached hydrogen (secondary N) is 2. The number of rotatable bonds is 4. The number of nitrogens with zero attached hydrogens (tertiary/aromatic N) is 2. The highest BCUT2D eigenvalue weighted by Crippen LogP contribution is 2.20. The Hall–Kier alpha value is -3.27. The molecule has 2 aromatic rings. The van der Waals surface area contributed by atoms with Crippen molar-refractivity contribution in [3.63, 3.8) is 0 Å². The van der Waals surface area contributed by atoms with Gasteiger partial charge in [-0.15, -0.1) is 11.3 Å². The van der Waals surface area contributed by atoms with Crippen LogP contribution >= 0.6 is 11.3 Å². The molecule has 3 amide bonds. The molecule has 9 nitrogen and oxygen atoms in total. The van der Waals surface area contributed by atoms with E-state index in [0.29, 0.717) is 30.8 Å². The Kier molecular flexibility index (Phi) is 5.99. The molecular formula is C18H18N4O5S. The van der Waals surface area contributed by atoms with E-state index in [-0.39, 0.29) is 29.0 Å². The molecule has 0 spiro atoms. The highest BCUT2D eigenvalue weighted by molar-refractivity contribution is 7.12. The molecule has 3 rings (SSSR count). The Labute approximate surface area is 164 Å². The number of benzene rings is 1. The maximum atomic E-state index is 12.3. The van der Waals surface area contributed by atoms with Crippen LogP contribution in [0.3, 0.4) is 0 Å². The molecule has 1 aliphatic heterocycles. The summed E-state index contributed by atoms with van der Waals surface area (Å²) in [5, 5.41) is 12.5. The summed E-state index contributed by atoms with van der Waals surface area (Å²) in [6.07, 6.45) is 1.02. The Bertz CT molecular complexity index is 874. The van der Waals surface area contributed by atoms with Gasteiger partial charge in [-0.2, -0.15) is 0 Å². The summed E-state index contributed by atoms with van der Waals surface area (Å²) >= 11 is 1.39. The van der Waals surface area contributed by atoms with Crippen LogP contribution in [0.5, 0.6) is 0 Å². The van der Waals surface area contributed by atoms with E-state index in [1.807, 2.05) is 11.4 Å². The van der Waals surface area contributed by atoms with Gasteiger partial charge in [0.1, 0.15) is 0 Å². The van der Waals surface area contributed by atoms with Gasteiger partial charge in [0.25, 0.3) is 17.5 Å². The number of amides is 3. The molecule has 0 unspecified atom stereocenters. The van der Waals surface area contributed by atoms with E-state index < -0.39 is 10.8 Å². The molecule has 1 aromatic carbocycles. The van der Waals surface area contributed by atoms with Crippen molar-refractivity contribution in [2.24, 2.45) is 5.92 Å². The number of thiophene rings is 1. The molecule has 0 aliphatic carbocycles. The predicted octanol–water partition coefficient (Wildman–Crippen LogP) is 1.97. The largest absolute Gasteiger partial charge is 0.338 e. The molecule has 28 heavy (non-hydrogen) atoms. The summed E-state index contributed by atoms with van der Waals surface area (Å²) in [5.74, 6) is -1.21. The third kappa shape index (κ3) is 4.52. The zero-order valence-corrected chi connectivity index (χ0v) is 15.6. The van der Waals surface area contributed by atoms with Crippen LogP contribution in [0.25, 0.3) is 0 Å². The van der Waals surface area contributed by atoms with Crippen LogP contribution in [-0.4, -0.2) is 40.6 Å². The average molecular weight is 402 g/mol. The van der Waals surface area contributed by atoms with Gasteiger partial charge in [-0.25, -0.2) is 0 Å². The second kappa shape index (κ2) is 8.61. The molecule has 146 valence electrons. The summed E-state index contributed by atoms with van der Waals surface area (Å²) in [7, 11) is 0. The second-order valence-corrected chi connectivity index (χ2v) is 7.24. The molecule has 10 heteroatoms. The molecule has 0 radical (unpaired) electrons. The Morgan fingerprint density at radius 1 is 1.07 bits per heavy atom. The number of nitro groups is 1. The first-order valence-electron chi connectivity index (χ1n) is 8.63. The molecule has 0 bridgehead atoms. The van der Waals surface area contributed by atoms with E-state index >= 15 is 0 Å². The number of hydrazine groups is 1. The summed E-state index contributed by atoms with van der Waals surface area (Å²) in [6.45, 7) is 0.955. The quantitative estimate of drug-likeness (QED) is 0.598. The fourth-order valence-electron chi connectivity index (χ4n) is 2.93. The first-order valence-corrected chi connectivity index (χ1v) is 9.51. The number of hydrogen-bond acceptors (Lipinski definition) is 6. The molecule has 2 N–H and O–H groups in total. The number of hydrogen-bond donors (Lipinski definition) is 2. The monoisotopic (exact) mass is 402 g/mol. The van der Waals surface area contributed by atoms with Gasteiger partial charge >= 0.3 is 0 Å². The standard InChI is InChI=1S/C18H18N4O5S/c23-16(12-3-5-14(6-4-12)22(26)27)19-20-17(24)13-7-9-21(10-8-13)18(25)15-2-1-11-28-15/h1-6,11,13H,7-10H2,(H,19,23)(H,20,24). The highest BCUT2D eigenvalue weighted by Gasteiger charge is 2.28. The topological polar surface area (TPSA) is 122 Å². The minimum absolute atomic E-state index is 0.0275. The van der Waals surface area contributed by atoms with E-state index in [0.717, 1.165) is 0 Å². The molecule has 0 saturated carbocycles. The van der Waals surface area contributed by atoms with Gasteiger partial charge in [0.15, 0.2) is 0 Å². The van der Waals surface area contributed by atoms with Crippen molar-refractivity contribution in [3.05, 3.63) is 62.3 Å². The maximum absolute atomic E-state index is 12.3. The number of carbonyl (C=O) groups is 3. The third-order valence-electron chi connectivity index (χ3n) is 4.52. The second-order valence-electron chi connectivity index (χ2n) is 6.29. The smallest absolute Gasteiger partial charge is 0.269 e. The minimum atomic E-state index is -0.562. The van der Waals surface area contributed by atoms with E-state index in [2.05, 4.69) is 10.9 Å². The summed E-state index contributed by atoms with van der Waals surface area (Å²) in [4.78, 5) is 49.1. The summed E-state index contributed by atoms with van der Waals surface area (Å²) < 4.78 is 0. The Balaban J connectivity index is 1.46. The van der Waals surface area contributed by atoms with Crippen LogP contribution in [0.2, 0.25) is 0 Å². The average Bonchev–Trinajstić information content (AvgIpc) is 3.26. The zero-order valence-electron chi connectivity index (χ0n) is 14.8. The molecule has 2 heterocycles. The lowest BCUT2D eigenvalue weighted by molar-refractivity contribution is -0.384. The van der Waals surface area contributed by atoms with Gasteiger partial charge in [0.05, 0.1) is 9.80 Å². The molecule has 1 fully saturated rings. The van der Waals surface area contributed by atoms with Crippen LogP contribution in [0, 0.1) is 16.0 Å². The lowest BCUT2D eigenvalue weighted by Gasteiger charge is -2.31. The van der Waals surface area contributed by atoms with Crippen LogP contribution in [0.1, 0.15) is 32.9 Å². The van der Waals surface area contributed by atoms with Gasteiger partial charge in [-0.3, -0.25) is 35.3 Å². The van der Waals surface area contributed by atoms with Gasteiger partial charge in [0, 0.05) is 36.7 Å². The number of likely N-dealkylation sites (tertiary alicyclic amines) is 1. The van der Waals surface area contributed by atoms with Crippen LogP contribution in [0.15, 0.2) is 41.8 Å². The molecule has 0 atom stereocenters. The van der Waals surface area contributed by atoms with Crippen molar-refractivity contribution in [2.75, 3.05) is 13.1 Å². The summed E-state index contributed by atoms with van der Waals surface area (Å²) in [5.41, 5.74) is 4.78. The number of non-ortho nitro benzene ring substituents is 1. The van der Waals surface area contributed by atoms with Gasteiger partial charge in [-0.05, 0) is 36.4 Å². The van der Waals surface area contributed by atoms with Crippen molar-refractivity contribution in [2.45, 2.75) is 12.8 Å². The third-order valence-corrected chi connectivity index (χ3v) is 5.38. The van der Waals surface area contributed by atoms with Crippen molar-refractivity contribution in [3.8, 4) is 0 Å². The SMILES string of the molecule is O=C(NNC(=O)C1CCN(C(=O)c2cccs2)CC1)c1ccc([N+](=O)[O-])cc1. The van der Waals surface area contributed by atoms with Crippen LogP contribution < -0.4 is 10.9 Å². The van der Waals surface area contributed by atoms with Gasteiger partial charge < -0.3 is 4.90 Å². The maximum Gasteiger partial charge on any atom is 0.269 e. The predicted molar refractivity (Wildman–Crippen MR) is 102 cm³/mol. The van der Waals surface area contributed by atoms with E-state index in [9.17, 15) is 24.5 Å². The van der Waals surface area contributed by atoms with Crippen molar-refractivity contribution in [1.29, 1.82) is 0 Å². The zero-order chi connectivity index (χ0) is 20.1. The van der Waals surface area contributed by atoms with Gasteiger partial charge in [0.2, 0.25) is 5.91 Å². The van der Waals surface area contributed by atoms with Crippen molar-refractivity contribution < 1.29 is 19.3 Å². The fourth-order valence-corrected chi connectivity index (χ4v) is 3.62. The lowest BCUT2D eigenvalue weighted by atomic mass is 9.96. The number of nitro benzene ring substituents is 1. The molecule has 1 saturated heterocycles. The Morgan fingerprint density at radius 3 is 2.32 bits per heavy atom. The van der Waals surface area contributed by atoms with Crippen molar-refractivity contribution >= 4 is 34.7 Å². The van der Waals surface area contributed by atoms with Crippen molar-refractivity contribution in [1.82, 2.24) is 15.8 Å². The first-order chi connectivity index (χ1) is 13.5. The normalized spacial score (nSPS) is 14.4. The van der Waals surface area contributed by atoms with E-state index in [1.165, 1.54) is 35.6 Å². The van der Waals surface area contributed by atoms with Crippen LogP contribution in [-0.2, 0) is 4.79 Å². The fraction of sp³-hybridized carbons (Fsp3) is 0.278. The van der Waals surface area contributed by atoms with Crippen LogP contribution in [0.4, 0.5) is 5.69 Å². The molecule has 1 aromatic heterocycles. The highest BCUT2D eigenvalue weighted by atomic mass is 32.1. The number of carbonyl (C=O) groups excluding carboxylic acids is 3. The Morgan fingerprint density at radius 2 is 1.75 bits per heavy atom. The minimum Gasteiger partial charge on any atom is -0.338 e. The van der Waals surface area contributed by atoms with E-state index in [4.69, 9.17) is 0 Å².